The molecule has 2 aromatic carbocycles. The molecule has 5 heteroatoms. The van der Waals surface area contributed by atoms with Crippen molar-refractivity contribution in [3.8, 4) is 5.75 Å². The largest absolute Gasteiger partial charge is 0.485 e. The molecule has 1 saturated heterocycles. The van der Waals surface area contributed by atoms with Crippen LogP contribution in [0, 0.1) is 6.92 Å². The predicted molar refractivity (Wildman–Crippen MR) is 94.0 cm³/mol. The smallest absolute Gasteiger partial charge is 0.227 e. The highest BCUT2D eigenvalue weighted by atomic mass is 35.5. The molecule has 0 spiro atoms. The molecule has 0 N–H and O–H groups in total. The van der Waals surface area contributed by atoms with Crippen LogP contribution < -0.4 is 9.64 Å². The molecule has 0 radical (unpaired) electrons. The van der Waals surface area contributed by atoms with Gasteiger partial charge in [-0.1, -0.05) is 11.6 Å². The van der Waals surface area contributed by atoms with Crippen LogP contribution in [0.2, 0.25) is 5.02 Å². The third-order valence-electron chi connectivity index (χ3n) is 4.07. The van der Waals surface area contributed by atoms with Crippen molar-refractivity contribution in [1.82, 2.24) is 0 Å². The van der Waals surface area contributed by atoms with Crippen LogP contribution in [0.3, 0.4) is 0 Å². The van der Waals surface area contributed by atoms with Gasteiger partial charge in [0.05, 0.1) is 0 Å². The predicted octanol–water partition coefficient (Wildman–Crippen LogP) is 4.04. The number of carbonyl (C=O) groups is 2. The molecule has 2 aromatic rings. The molecular formula is C19H18ClNO3. The lowest BCUT2D eigenvalue weighted by atomic mass is 10.1. The van der Waals surface area contributed by atoms with Crippen molar-refractivity contribution in [3.05, 3.63) is 58.6 Å². The Hall–Kier alpha value is -2.33. The average molecular weight is 344 g/mol. The maximum absolute atomic E-state index is 12.3. The van der Waals surface area contributed by atoms with E-state index >= 15 is 0 Å². The van der Waals surface area contributed by atoms with Gasteiger partial charge in [-0.25, -0.2) is 0 Å². The van der Waals surface area contributed by atoms with E-state index < -0.39 is 0 Å². The molecule has 1 heterocycles. The Labute approximate surface area is 146 Å². The lowest BCUT2D eigenvalue weighted by molar-refractivity contribution is -0.117. The van der Waals surface area contributed by atoms with Gasteiger partial charge < -0.3 is 9.64 Å². The van der Waals surface area contributed by atoms with Crippen molar-refractivity contribution < 1.29 is 14.3 Å². The van der Waals surface area contributed by atoms with Gasteiger partial charge in [-0.05, 0) is 61.4 Å². The van der Waals surface area contributed by atoms with E-state index in [0.717, 1.165) is 24.2 Å². The number of aryl methyl sites for hydroxylation is 1. The summed E-state index contributed by atoms with van der Waals surface area (Å²) in [4.78, 5) is 25.8. The number of rotatable bonds is 5. The minimum absolute atomic E-state index is 0.0372. The second kappa shape index (κ2) is 7.05. The van der Waals surface area contributed by atoms with E-state index in [1.165, 1.54) is 0 Å². The molecule has 24 heavy (non-hydrogen) atoms. The van der Waals surface area contributed by atoms with E-state index in [9.17, 15) is 9.59 Å². The van der Waals surface area contributed by atoms with Crippen molar-refractivity contribution in [1.29, 1.82) is 0 Å². The number of benzene rings is 2. The summed E-state index contributed by atoms with van der Waals surface area (Å²) in [6.45, 7) is 2.59. The number of hydrogen-bond acceptors (Lipinski definition) is 3. The first-order valence-corrected chi connectivity index (χ1v) is 8.25. The van der Waals surface area contributed by atoms with E-state index in [2.05, 4.69) is 0 Å². The Morgan fingerprint density at radius 3 is 2.58 bits per heavy atom. The van der Waals surface area contributed by atoms with E-state index in [-0.39, 0.29) is 18.3 Å². The maximum Gasteiger partial charge on any atom is 0.227 e. The number of halogens is 1. The van der Waals surface area contributed by atoms with E-state index in [0.29, 0.717) is 22.8 Å². The lowest BCUT2D eigenvalue weighted by Crippen LogP contribution is -2.23. The molecule has 3 rings (SSSR count). The summed E-state index contributed by atoms with van der Waals surface area (Å²) in [6, 6.07) is 12.4. The van der Waals surface area contributed by atoms with Gasteiger partial charge in [-0.2, -0.15) is 0 Å². The van der Waals surface area contributed by atoms with E-state index in [1.54, 1.807) is 35.2 Å². The molecule has 4 nitrogen and oxygen atoms in total. The number of Topliss-reactive ketones (excluding diaryl/α,β-unsaturated/α-hetero) is 1. The molecule has 0 unspecified atom stereocenters. The monoisotopic (exact) mass is 343 g/mol. The third kappa shape index (κ3) is 3.60. The van der Waals surface area contributed by atoms with Gasteiger partial charge in [0, 0.05) is 29.2 Å². The fourth-order valence-corrected chi connectivity index (χ4v) is 2.98. The molecule has 0 saturated carbocycles. The van der Waals surface area contributed by atoms with Crippen LogP contribution >= 0.6 is 11.6 Å². The summed E-state index contributed by atoms with van der Waals surface area (Å²) in [5.74, 6) is 0.673. The summed E-state index contributed by atoms with van der Waals surface area (Å²) in [7, 11) is 0. The molecule has 1 aliphatic rings. The van der Waals surface area contributed by atoms with Crippen molar-refractivity contribution in [2.24, 2.45) is 0 Å². The lowest BCUT2D eigenvalue weighted by Gasteiger charge is -2.15. The number of amides is 1. The van der Waals surface area contributed by atoms with Crippen molar-refractivity contribution in [2.75, 3.05) is 18.1 Å². The van der Waals surface area contributed by atoms with Crippen molar-refractivity contribution in [2.45, 2.75) is 19.8 Å². The zero-order valence-electron chi connectivity index (χ0n) is 13.4. The minimum Gasteiger partial charge on any atom is -0.485 e. The Bertz CT molecular complexity index is 771. The van der Waals surface area contributed by atoms with Gasteiger partial charge in [-0.15, -0.1) is 0 Å². The second-order valence-corrected chi connectivity index (χ2v) is 6.25. The number of carbonyl (C=O) groups excluding carboxylic acids is 2. The van der Waals surface area contributed by atoms with Crippen LogP contribution in [0.5, 0.6) is 5.75 Å². The number of nitrogens with zero attached hydrogens (tertiary/aromatic N) is 1. The van der Waals surface area contributed by atoms with E-state index in [1.807, 2.05) is 19.1 Å². The van der Waals surface area contributed by atoms with Crippen molar-refractivity contribution >= 4 is 29.0 Å². The molecule has 1 fully saturated rings. The molecule has 0 atom stereocenters. The third-order valence-corrected chi connectivity index (χ3v) is 4.31. The second-order valence-electron chi connectivity index (χ2n) is 5.82. The summed E-state index contributed by atoms with van der Waals surface area (Å²) in [5.41, 5.74) is 2.29. The van der Waals surface area contributed by atoms with Crippen LogP contribution in [0.4, 0.5) is 5.69 Å². The first-order valence-electron chi connectivity index (χ1n) is 7.87. The minimum atomic E-state index is -0.108. The fourth-order valence-electron chi connectivity index (χ4n) is 2.75. The van der Waals surface area contributed by atoms with Gasteiger partial charge in [0.15, 0.2) is 12.4 Å². The topological polar surface area (TPSA) is 46.6 Å². The number of ether oxygens (including phenoxy) is 1. The zero-order chi connectivity index (χ0) is 17.1. The Morgan fingerprint density at radius 1 is 1.21 bits per heavy atom. The Morgan fingerprint density at radius 2 is 1.96 bits per heavy atom. The molecule has 1 amide bonds. The SMILES string of the molecule is Cc1cc(Cl)ccc1OCC(=O)c1ccc(N2CCCC2=O)cc1. The fraction of sp³-hybridized carbons (Fsp3) is 0.263. The quantitative estimate of drug-likeness (QED) is 0.770. The Kier molecular flexibility index (Phi) is 4.86. The molecular weight excluding hydrogens is 326 g/mol. The van der Waals surface area contributed by atoms with Crippen LogP contribution in [0.15, 0.2) is 42.5 Å². The molecule has 124 valence electrons. The number of anilines is 1. The standard InChI is InChI=1S/C19H18ClNO3/c1-13-11-15(20)6-9-18(13)24-12-17(22)14-4-7-16(8-5-14)21-10-2-3-19(21)23/h4-9,11H,2-3,10,12H2,1H3. The summed E-state index contributed by atoms with van der Waals surface area (Å²) < 4.78 is 5.58. The highest BCUT2D eigenvalue weighted by Gasteiger charge is 2.21. The normalized spacial score (nSPS) is 14.1. The first-order chi connectivity index (χ1) is 11.5. The van der Waals surface area contributed by atoms with E-state index in [4.69, 9.17) is 16.3 Å². The molecule has 0 aromatic heterocycles. The van der Waals surface area contributed by atoms with Gasteiger partial charge in [0.2, 0.25) is 5.91 Å². The van der Waals surface area contributed by atoms with Crippen LogP contribution in [0.25, 0.3) is 0 Å². The van der Waals surface area contributed by atoms with Crippen LogP contribution in [-0.4, -0.2) is 24.8 Å². The molecule has 0 bridgehead atoms. The highest BCUT2D eigenvalue weighted by molar-refractivity contribution is 6.30. The van der Waals surface area contributed by atoms with Crippen LogP contribution in [0.1, 0.15) is 28.8 Å². The summed E-state index contributed by atoms with van der Waals surface area (Å²) >= 11 is 5.90. The maximum atomic E-state index is 12.3. The molecule has 0 aliphatic carbocycles. The van der Waals surface area contributed by atoms with Gasteiger partial charge >= 0.3 is 0 Å². The summed E-state index contributed by atoms with van der Waals surface area (Å²) in [5, 5.41) is 0.637. The first kappa shape index (κ1) is 16.5. The average Bonchev–Trinajstić information content (AvgIpc) is 3.00. The van der Waals surface area contributed by atoms with Crippen molar-refractivity contribution in [3.63, 3.8) is 0 Å². The summed E-state index contributed by atoms with van der Waals surface area (Å²) in [6.07, 6.45) is 1.47. The highest BCUT2D eigenvalue weighted by Crippen LogP contribution is 2.23. The number of ketones is 1. The zero-order valence-corrected chi connectivity index (χ0v) is 14.2. The van der Waals surface area contributed by atoms with Gasteiger partial charge in [0.1, 0.15) is 5.75 Å². The van der Waals surface area contributed by atoms with Gasteiger partial charge in [-0.3, -0.25) is 9.59 Å². The molecule has 1 aliphatic heterocycles. The Balaban J connectivity index is 1.63. The van der Waals surface area contributed by atoms with Crippen LogP contribution in [-0.2, 0) is 4.79 Å². The number of hydrogen-bond donors (Lipinski definition) is 0. The van der Waals surface area contributed by atoms with Gasteiger partial charge in [0.25, 0.3) is 0 Å².